The van der Waals surface area contributed by atoms with Gasteiger partial charge in [0.25, 0.3) is 5.67 Å². The lowest BCUT2D eigenvalue weighted by Crippen LogP contribution is -2.49. The fraction of sp³-hybridized carbons (Fsp3) is 0.353. The van der Waals surface area contributed by atoms with Crippen molar-refractivity contribution in [1.29, 1.82) is 0 Å². The van der Waals surface area contributed by atoms with Crippen molar-refractivity contribution in [2.45, 2.75) is 24.6 Å². The number of hydrogen-bond acceptors (Lipinski definition) is 6. The van der Waals surface area contributed by atoms with Gasteiger partial charge in [0, 0.05) is 5.56 Å². The third-order valence-corrected chi connectivity index (χ3v) is 4.16. The second kappa shape index (κ2) is 6.54. The van der Waals surface area contributed by atoms with Crippen LogP contribution in [-0.2, 0) is 16.9 Å². The molecule has 25 heavy (non-hydrogen) atoms. The lowest BCUT2D eigenvalue weighted by atomic mass is 9.78. The molecule has 0 saturated carbocycles. The summed E-state index contributed by atoms with van der Waals surface area (Å²) in [6.07, 6.45) is -0.624. The fourth-order valence-electron chi connectivity index (χ4n) is 2.92. The second-order valence-electron chi connectivity index (χ2n) is 5.55. The van der Waals surface area contributed by atoms with Crippen LogP contribution in [0.5, 0.6) is 17.8 Å². The fourth-order valence-corrected chi connectivity index (χ4v) is 2.92. The summed E-state index contributed by atoms with van der Waals surface area (Å²) >= 11 is 0. The van der Waals surface area contributed by atoms with Crippen LogP contribution in [-0.4, -0.2) is 41.4 Å². The SMILES string of the molecule is COc1cc(OC)nc(OC2CCc3ccccc3C2(F)C(=O)O)n1. The summed E-state index contributed by atoms with van der Waals surface area (Å²) in [7, 11) is 2.80. The Morgan fingerprint density at radius 3 is 2.48 bits per heavy atom. The van der Waals surface area contributed by atoms with Gasteiger partial charge in [-0.3, -0.25) is 0 Å². The van der Waals surface area contributed by atoms with Gasteiger partial charge in [-0.25, -0.2) is 9.18 Å². The first-order valence-corrected chi connectivity index (χ1v) is 7.63. The Morgan fingerprint density at radius 2 is 1.88 bits per heavy atom. The Bertz CT molecular complexity index is 778. The molecule has 1 N–H and O–H groups in total. The molecule has 1 aliphatic rings. The van der Waals surface area contributed by atoms with Gasteiger partial charge in [-0.05, 0) is 18.4 Å². The molecule has 3 rings (SSSR count). The van der Waals surface area contributed by atoms with Gasteiger partial charge in [0.15, 0.2) is 6.10 Å². The summed E-state index contributed by atoms with van der Waals surface area (Å²) in [5, 5.41) is 9.55. The van der Waals surface area contributed by atoms with Crippen molar-refractivity contribution in [2.75, 3.05) is 14.2 Å². The number of aromatic nitrogens is 2. The number of carboxylic acid groups (broad SMARTS) is 1. The summed E-state index contributed by atoms with van der Waals surface area (Å²) < 4.78 is 31.1. The average molecular weight is 348 g/mol. The lowest BCUT2D eigenvalue weighted by molar-refractivity contribution is -0.161. The van der Waals surface area contributed by atoms with Crippen LogP contribution in [0, 0.1) is 0 Å². The Labute approximate surface area is 143 Å². The molecular formula is C17H17FN2O5. The summed E-state index contributed by atoms with van der Waals surface area (Å²) in [5.74, 6) is -1.28. The molecule has 8 heteroatoms. The maximum Gasteiger partial charge on any atom is 0.350 e. The Kier molecular flexibility index (Phi) is 4.43. The Morgan fingerprint density at radius 1 is 1.24 bits per heavy atom. The summed E-state index contributed by atoms with van der Waals surface area (Å²) in [4.78, 5) is 19.7. The van der Waals surface area contributed by atoms with Gasteiger partial charge in [0.05, 0.1) is 20.3 Å². The van der Waals surface area contributed by atoms with Crippen molar-refractivity contribution in [3.63, 3.8) is 0 Å². The number of ether oxygens (including phenoxy) is 3. The topological polar surface area (TPSA) is 90.8 Å². The quantitative estimate of drug-likeness (QED) is 0.885. The molecule has 1 aromatic heterocycles. The summed E-state index contributed by atoms with van der Waals surface area (Å²) in [6.45, 7) is 0. The number of carboxylic acids is 1. The molecule has 0 aliphatic heterocycles. The molecule has 0 saturated heterocycles. The number of fused-ring (bicyclic) bond motifs is 1. The molecule has 0 amide bonds. The van der Waals surface area contributed by atoms with Gasteiger partial charge in [0.2, 0.25) is 11.8 Å². The number of aryl methyl sites for hydroxylation is 1. The first kappa shape index (κ1) is 16.9. The van der Waals surface area contributed by atoms with E-state index in [4.69, 9.17) is 14.2 Å². The van der Waals surface area contributed by atoms with Crippen LogP contribution in [0.25, 0.3) is 0 Å². The molecule has 1 aromatic carbocycles. The average Bonchev–Trinajstić information content (AvgIpc) is 2.63. The van der Waals surface area contributed by atoms with Crippen LogP contribution in [0.4, 0.5) is 4.39 Å². The normalized spacial score (nSPS) is 22.0. The van der Waals surface area contributed by atoms with E-state index in [-0.39, 0.29) is 29.8 Å². The minimum absolute atomic E-state index is 0.0913. The lowest BCUT2D eigenvalue weighted by Gasteiger charge is -2.35. The Hall–Kier alpha value is -2.90. The second-order valence-corrected chi connectivity index (χ2v) is 5.55. The van der Waals surface area contributed by atoms with E-state index in [1.54, 1.807) is 18.2 Å². The van der Waals surface area contributed by atoms with Crippen molar-refractivity contribution in [1.82, 2.24) is 9.97 Å². The molecule has 2 aromatic rings. The van der Waals surface area contributed by atoms with E-state index in [0.29, 0.717) is 12.0 Å². The van der Waals surface area contributed by atoms with Gasteiger partial charge in [-0.1, -0.05) is 24.3 Å². The van der Waals surface area contributed by atoms with E-state index < -0.39 is 17.7 Å². The van der Waals surface area contributed by atoms with Crippen molar-refractivity contribution >= 4 is 5.97 Å². The highest BCUT2D eigenvalue weighted by atomic mass is 19.1. The zero-order valence-electron chi connectivity index (χ0n) is 13.7. The number of benzene rings is 1. The molecule has 132 valence electrons. The zero-order valence-corrected chi connectivity index (χ0v) is 13.7. The number of carbonyl (C=O) groups is 1. The van der Waals surface area contributed by atoms with Gasteiger partial charge in [0.1, 0.15) is 0 Å². The summed E-state index contributed by atoms with van der Waals surface area (Å²) in [6, 6.07) is 7.76. The van der Waals surface area contributed by atoms with Gasteiger partial charge in [-0.2, -0.15) is 9.97 Å². The molecule has 2 atom stereocenters. The van der Waals surface area contributed by atoms with Gasteiger partial charge in [-0.15, -0.1) is 0 Å². The molecule has 1 heterocycles. The van der Waals surface area contributed by atoms with E-state index in [9.17, 15) is 9.90 Å². The number of hydrogen-bond donors (Lipinski definition) is 1. The Balaban J connectivity index is 1.99. The molecule has 0 spiro atoms. The van der Waals surface area contributed by atoms with Crippen molar-refractivity contribution < 1.29 is 28.5 Å². The molecule has 0 fully saturated rings. The van der Waals surface area contributed by atoms with Crippen LogP contribution in [0.15, 0.2) is 30.3 Å². The molecule has 7 nitrogen and oxygen atoms in total. The van der Waals surface area contributed by atoms with Crippen molar-refractivity contribution in [3.05, 3.63) is 41.5 Å². The number of halogens is 1. The molecular weight excluding hydrogens is 331 g/mol. The highest BCUT2D eigenvalue weighted by Crippen LogP contribution is 2.41. The maximum atomic E-state index is 15.6. The van der Waals surface area contributed by atoms with Crippen LogP contribution < -0.4 is 14.2 Å². The minimum atomic E-state index is -2.70. The predicted molar refractivity (Wildman–Crippen MR) is 84.7 cm³/mol. The summed E-state index contributed by atoms with van der Waals surface area (Å²) in [5.41, 5.74) is -1.96. The third kappa shape index (κ3) is 2.95. The van der Waals surface area contributed by atoms with Crippen LogP contribution in [0.2, 0.25) is 0 Å². The number of rotatable bonds is 5. The van der Waals surface area contributed by atoms with Crippen molar-refractivity contribution in [2.24, 2.45) is 0 Å². The first-order valence-electron chi connectivity index (χ1n) is 7.63. The monoisotopic (exact) mass is 348 g/mol. The van der Waals surface area contributed by atoms with E-state index in [0.717, 1.165) is 0 Å². The molecule has 2 unspecified atom stereocenters. The van der Waals surface area contributed by atoms with Crippen LogP contribution >= 0.6 is 0 Å². The number of nitrogens with zero attached hydrogens (tertiary/aromatic N) is 2. The maximum absolute atomic E-state index is 15.6. The number of alkyl halides is 1. The zero-order chi connectivity index (χ0) is 18.0. The predicted octanol–water partition coefficient (Wildman–Crippen LogP) is 2.14. The largest absolute Gasteiger partial charge is 0.481 e. The smallest absolute Gasteiger partial charge is 0.350 e. The standard InChI is InChI=1S/C17H17FN2O5/c1-23-13-9-14(24-2)20-16(19-13)25-12-8-7-10-5-3-4-6-11(10)17(12,18)15(21)22/h3-6,9,12H,7-8H2,1-2H3,(H,21,22). The molecule has 0 radical (unpaired) electrons. The van der Waals surface area contributed by atoms with Crippen LogP contribution in [0.3, 0.4) is 0 Å². The van der Waals surface area contributed by atoms with Gasteiger partial charge >= 0.3 is 12.0 Å². The minimum Gasteiger partial charge on any atom is -0.481 e. The van der Waals surface area contributed by atoms with E-state index in [1.807, 2.05) is 0 Å². The highest BCUT2D eigenvalue weighted by molar-refractivity contribution is 5.81. The number of methoxy groups -OCH3 is 2. The van der Waals surface area contributed by atoms with Crippen LogP contribution in [0.1, 0.15) is 17.5 Å². The van der Waals surface area contributed by atoms with Crippen molar-refractivity contribution in [3.8, 4) is 17.8 Å². The van der Waals surface area contributed by atoms with E-state index in [1.165, 1.54) is 26.4 Å². The third-order valence-electron chi connectivity index (χ3n) is 4.16. The first-order chi connectivity index (χ1) is 12.0. The molecule has 0 bridgehead atoms. The van der Waals surface area contributed by atoms with E-state index >= 15 is 4.39 Å². The van der Waals surface area contributed by atoms with Gasteiger partial charge < -0.3 is 19.3 Å². The highest BCUT2D eigenvalue weighted by Gasteiger charge is 2.53. The molecule has 1 aliphatic carbocycles. The number of aliphatic carboxylic acids is 1. The van der Waals surface area contributed by atoms with E-state index in [2.05, 4.69) is 9.97 Å².